The minimum Gasteiger partial charge on any atom is -0.494 e. The summed E-state index contributed by atoms with van der Waals surface area (Å²) >= 11 is 1.55. The lowest BCUT2D eigenvalue weighted by Crippen LogP contribution is -2.19. The smallest absolute Gasteiger partial charge is 0.243 e. The number of ether oxygens (including phenoxy) is 1. The van der Waals surface area contributed by atoms with Gasteiger partial charge in [-0.3, -0.25) is 4.79 Å². The largest absolute Gasteiger partial charge is 0.494 e. The Hall–Kier alpha value is -2.73. The summed E-state index contributed by atoms with van der Waals surface area (Å²) in [6, 6.07) is 19.3. The van der Waals surface area contributed by atoms with Gasteiger partial charge in [-0.2, -0.15) is 0 Å². The number of hydrogen-bond donors (Lipinski definition) is 1. The summed E-state index contributed by atoms with van der Waals surface area (Å²) in [7, 11) is 0. The van der Waals surface area contributed by atoms with E-state index in [9.17, 15) is 4.79 Å². The quantitative estimate of drug-likeness (QED) is 0.594. The predicted molar refractivity (Wildman–Crippen MR) is 108 cm³/mol. The van der Waals surface area contributed by atoms with Gasteiger partial charge in [-0.25, -0.2) is 0 Å². The number of aromatic nitrogens is 1. The molecular formula is C21H22N2O3S. The first kappa shape index (κ1) is 19.0. The van der Waals surface area contributed by atoms with Gasteiger partial charge in [-0.15, -0.1) is 11.8 Å². The molecule has 140 valence electrons. The van der Waals surface area contributed by atoms with Crippen LogP contribution in [0.3, 0.4) is 0 Å². The number of nitrogens with one attached hydrogen (secondary N) is 1. The highest BCUT2D eigenvalue weighted by Crippen LogP contribution is 2.35. The van der Waals surface area contributed by atoms with Crippen LogP contribution in [0.2, 0.25) is 0 Å². The predicted octanol–water partition coefficient (Wildman–Crippen LogP) is 4.99. The monoisotopic (exact) mass is 382 g/mol. The van der Waals surface area contributed by atoms with Crippen LogP contribution in [0.1, 0.15) is 29.1 Å². The maximum Gasteiger partial charge on any atom is 0.243 e. The van der Waals surface area contributed by atoms with Crippen molar-refractivity contribution in [3.8, 4) is 5.75 Å². The van der Waals surface area contributed by atoms with Crippen molar-refractivity contribution in [1.29, 1.82) is 0 Å². The molecule has 1 unspecified atom stereocenters. The molecule has 3 rings (SSSR count). The standard InChI is InChI=1S/C21H22N2O3S/c1-3-25-18-12-8-7-11-17(18)14-27-20(16-9-5-4-6-10-16)21(24)22-19-13-15(2)26-23-19/h4-13,20H,3,14H2,1-2H3,(H,22,23,24). The van der Waals surface area contributed by atoms with Crippen molar-refractivity contribution in [1.82, 2.24) is 5.16 Å². The number of amides is 1. The van der Waals surface area contributed by atoms with Crippen LogP contribution in [0.4, 0.5) is 5.82 Å². The maximum atomic E-state index is 12.9. The van der Waals surface area contributed by atoms with Gasteiger partial charge in [-0.1, -0.05) is 53.7 Å². The fourth-order valence-corrected chi connectivity index (χ4v) is 3.81. The summed E-state index contributed by atoms with van der Waals surface area (Å²) in [4.78, 5) is 12.9. The normalized spacial score (nSPS) is 11.8. The molecule has 0 fully saturated rings. The molecule has 5 nitrogen and oxygen atoms in total. The molecule has 1 N–H and O–H groups in total. The maximum absolute atomic E-state index is 12.9. The molecule has 0 aliphatic carbocycles. The van der Waals surface area contributed by atoms with Crippen LogP contribution in [-0.2, 0) is 10.5 Å². The van der Waals surface area contributed by atoms with Crippen LogP contribution < -0.4 is 10.1 Å². The highest BCUT2D eigenvalue weighted by molar-refractivity contribution is 7.99. The third-order valence-corrected chi connectivity index (χ3v) is 5.19. The zero-order chi connectivity index (χ0) is 19.1. The van der Waals surface area contributed by atoms with Gasteiger partial charge < -0.3 is 14.6 Å². The molecule has 27 heavy (non-hydrogen) atoms. The molecular weight excluding hydrogens is 360 g/mol. The highest BCUT2D eigenvalue weighted by atomic mass is 32.2. The Balaban J connectivity index is 1.77. The fourth-order valence-electron chi connectivity index (χ4n) is 2.66. The second kappa shape index (κ2) is 9.28. The first-order chi connectivity index (χ1) is 13.2. The van der Waals surface area contributed by atoms with Gasteiger partial charge in [0.25, 0.3) is 0 Å². The SMILES string of the molecule is CCOc1ccccc1CSC(C(=O)Nc1cc(C)on1)c1ccccc1. The average Bonchev–Trinajstić information content (AvgIpc) is 3.09. The summed E-state index contributed by atoms with van der Waals surface area (Å²) < 4.78 is 10.7. The molecule has 6 heteroatoms. The number of benzene rings is 2. The van der Waals surface area contributed by atoms with E-state index >= 15 is 0 Å². The first-order valence-electron chi connectivity index (χ1n) is 8.79. The number of nitrogens with zero attached hydrogens (tertiary/aromatic N) is 1. The van der Waals surface area contributed by atoms with Gasteiger partial charge in [0.05, 0.1) is 6.61 Å². The van der Waals surface area contributed by atoms with Crippen molar-refractivity contribution in [3.05, 3.63) is 77.6 Å². The Morgan fingerprint density at radius 2 is 1.93 bits per heavy atom. The molecule has 1 aromatic heterocycles. The minimum atomic E-state index is -0.377. The number of hydrogen-bond acceptors (Lipinski definition) is 5. The average molecular weight is 382 g/mol. The Labute approximate surface area is 163 Å². The zero-order valence-electron chi connectivity index (χ0n) is 15.3. The number of anilines is 1. The lowest BCUT2D eigenvalue weighted by Gasteiger charge is -2.17. The molecule has 0 saturated carbocycles. The van der Waals surface area contributed by atoms with Gasteiger partial charge in [-0.05, 0) is 25.5 Å². The lowest BCUT2D eigenvalue weighted by molar-refractivity contribution is -0.115. The highest BCUT2D eigenvalue weighted by Gasteiger charge is 2.23. The molecule has 0 bridgehead atoms. The molecule has 1 atom stereocenters. The van der Waals surface area contributed by atoms with Crippen LogP contribution in [-0.4, -0.2) is 17.7 Å². The van der Waals surface area contributed by atoms with Crippen molar-refractivity contribution < 1.29 is 14.1 Å². The molecule has 0 radical (unpaired) electrons. The van der Waals surface area contributed by atoms with Gasteiger partial charge in [0, 0.05) is 17.4 Å². The van der Waals surface area contributed by atoms with E-state index in [2.05, 4.69) is 10.5 Å². The van der Waals surface area contributed by atoms with E-state index in [1.54, 1.807) is 24.8 Å². The van der Waals surface area contributed by atoms with E-state index in [-0.39, 0.29) is 11.2 Å². The van der Waals surface area contributed by atoms with Gasteiger partial charge in [0.2, 0.25) is 5.91 Å². The number of aryl methyl sites for hydroxylation is 1. The molecule has 3 aromatic rings. The summed E-state index contributed by atoms with van der Waals surface area (Å²) in [6.45, 7) is 4.36. The van der Waals surface area contributed by atoms with E-state index in [1.165, 1.54) is 0 Å². The van der Waals surface area contributed by atoms with E-state index in [0.717, 1.165) is 16.9 Å². The van der Waals surface area contributed by atoms with Crippen LogP contribution >= 0.6 is 11.8 Å². The Morgan fingerprint density at radius 3 is 2.63 bits per heavy atom. The van der Waals surface area contributed by atoms with Crippen molar-refractivity contribution >= 4 is 23.5 Å². The van der Waals surface area contributed by atoms with Crippen LogP contribution in [0.25, 0.3) is 0 Å². The van der Waals surface area contributed by atoms with E-state index < -0.39 is 0 Å². The summed E-state index contributed by atoms with van der Waals surface area (Å²) in [5.74, 6) is 2.45. The van der Waals surface area contributed by atoms with Crippen LogP contribution in [0.15, 0.2) is 65.2 Å². The molecule has 1 heterocycles. The number of rotatable bonds is 8. The second-order valence-corrected chi connectivity index (χ2v) is 7.05. The second-order valence-electron chi connectivity index (χ2n) is 5.95. The molecule has 0 saturated heterocycles. The van der Waals surface area contributed by atoms with Crippen molar-refractivity contribution in [3.63, 3.8) is 0 Å². The fraction of sp³-hybridized carbons (Fsp3) is 0.238. The molecule has 0 aliphatic heterocycles. The summed E-state index contributed by atoms with van der Waals surface area (Å²) in [5, 5.41) is 6.32. The van der Waals surface area contributed by atoms with Crippen molar-refractivity contribution in [2.45, 2.75) is 24.9 Å². The van der Waals surface area contributed by atoms with Crippen LogP contribution in [0.5, 0.6) is 5.75 Å². The lowest BCUT2D eigenvalue weighted by atomic mass is 10.1. The van der Waals surface area contributed by atoms with E-state index in [4.69, 9.17) is 9.26 Å². The number of thioether (sulfide) groups is 1. The molecule has 0 aliphatic rings. The minimum absolute atomic E-state index is 0.131. The Morgan fingerprint density at radius 1 is 1.19 bits per heavy atom. The summed E-state index contributed by atoms with van der Waals surface area (Å²) in [6.07, 6.45) is 0. The zero-order valence-corrected chi connectivity index (χ0v) is 16.2. The van der Waals surface area contributed by atoms with Gasteiger partial charge in [0.15, 0.2) is 5.82 Å². The molecule has 1 amide bonds. The van der Waals surface area contributed by atoms with Gasteiger partial charge >= 0.3 is 0 Å². The molecule has 2 aromatic carbocycles. The van der Waals surface area contributed by atoms with E-state index in [1.807, 2.05) is 61.5 Å². The number of carbonyl (C=O) groups is 1. The third-order valence-electron chi connectivity index (χ3n) is 3.90. The van der Waals surface area contributed by atoms with Gasteiger partial charge in [0.1, 0.15) is 16.8 Å². The third kappa shape index (κ3) is 5.14. The van der Waals surface area contributed by atoms with E-state index in [0.29, 0.717) is 23.9 Å². The van der Waals surface area contributed by atoms with Crippen LogP contribution in [0, 0.1) is 6.92 Å². The topological polar surface area (TPSA) is 64.4 Å². The Kier molecular flexibility index (Phi) is 6.54. The molecule has 0 spiro atoms. The Bertz CT molecular complexity index is 880. The first-order valence-corrected chi connectivity index (χ1v) is 9.83. The number of para-hydroxylation sites is 1. The van der Waals surface area contributed by atoms with Crippen molar-refractivity contribution in [2.24, 2.45) is 0 Å². The van der Waals surface area contributed by atoms with Crippen molar-refractivity contribution in [2.75, 3.05) is 11.9 Å². The number of carbonyl (C=O) groups excluding carboxylic acids is 1. The summed E-state index contributed by atoms with van der Waals surface area (Å²) in [5.41, 5.74) is 2.00.